The molecule has 0 aliphatic carbocycles. The summed E-state index contributed by atoms with van der Waals surface area (Å²) in [7, 11) is 0. The molecule has 0 aromatic carbocycles. The Morgan fingerprint density at radius 2 is 2.13 bits per heavy atom. The first-order valence-electron chi connectivity index (χ1n) is 7.72. The smallest absolute Gasteiger partial charge is 0.271 e. The molecule has 0 atom stereocenters. The van der Waals surface area contributed by atoms with Gasteiger partial charge in [-0.3, -0.25) is 14.1 Å². The van der Waals surface area contributed by atoms with Crippen LogP contribution in [0.5, 0.6) is 0 Å². The number of aromatic nitrogens is 2. The average molecular weight is 337 g/mol. The predicted molar refractivity (Wildman–Crippen MR) is 89.0 cm³/mol. The minimum atomic E-state index is -0.213. The van der Waals surface area contributed by atoms with Crippen LogP contribution in [0.1, 0.15) is 24.3 Å². The molecule has 6 nitrogen and oxygen atoms in total. The maximum atomic E-state index is 12.6. The van der Waals surface area contributed by atoms with E-state index in [1.807, 2.05) is 18.2 Å². The molecule has 2 aromatic rings. The van der Waals surface area contributed by atoms with Crippen molar-refractivity contribution in [1.29, 1.82) is 0 Å². The van der Waals surface area contributed by atoms with Crippen molar-refractivity contribution < 1.29 is 9.53 Å². The number of hydrogen-bond donors (Lipinski definition) is 1. The standard InChI is InChI=1S/C16H21ClN4O2/c1-16(2,20-7-9-23-10-8-20)11-18-15(22)13-14(17)19-12-5-3-4-6-21(12)13/h3-6H,7-11H2,1-2H3,(H,18,22). The summed E-state index contributed by atoms with van der Waals surface area (Å²) in [4.78, 5) is 19.1. The SMILES string of the molecule is CC(C)(CNC(=O)c1c(Cl)nc2ccccn12)N1CCOCC1. The Kier molecular flexibility index (Phi) is 4.57. The number of nitrogens with one attached hydrogen (secondary N) is 1. The number of amides is 1. The lowest BCUT2D eigenvalue weighted by Crippen LogP contribution is -2.55. The molecular weight excluding hydrogens is 316 g/mol. The van der Waals surface area contributed by atoms with Crippen LogP contribution in [0.2, 0.25) is 5.15 Å². The van der Waals surface area contributed by atoms with Gasteiger partial charge in [-0.15, -0.1) is 0 Å². The Bertz CT molecular complexity index is 707. The first-order valence-corrected chi connectivity index (χ1v) is 8.10. The number of nitrogens with zero attached hydrogens (tertiary/aromatic N) is 3. The summed E-state index contributed by atoms with van der Waals surface area (Å²) in [5.41, 5.74) is 0.891. The fourth-order valence-corrected chi connectivity index (χ4v) is 3.09. The number of halogens is 1. The Morgan fingerprint density at radius 3 is 2.87 bits per heavy atom. The van der Waals surface area contributed by atoms with E-state index < -0.39 is 0 Å². The molecule has 0 spiro atoms. The minimum absolute atomic E-state index is 0.146. The molecule has 3 rings (SSSR count). The van der Waals surface area contributed by atoms with Gasteiger partial charge in [0.15, 0.2) is 10.8 Å². The van der Waals surface area contributed by atoms with Crippen molar-refractivity contribution in [2.24, 2.45) is 0 Å². The summed E-state index contributed by atoms with van der Waals surface area (Å²) in [6.07, 6.45) is 1.79. The van der Waals surface area contributed by atoms with Crippen LogP contribution in [0.4, 0.5) is 0 Å². The topological polar surface area (TPSA) is 58.9 Å². The van der Waals surface area contributed by atoms with E-state index in [2.05, 4.69) is 29.0 Å². The number of hydrogen-bond acceptors (Lipinski definition) is 4. The highest BCUT2D eigenvalue weighted by Gasteiger charge is 2.29. The molecule has 0 bridgehead atoms. The highest BCUT2D eigenvalue weighted by atomic mass is 35.5. The number of rotatable bonds is 4. The van der Waals surface area contributed by atoms with E-state index in [-0.39, 0.29) is 16.6 Å². The highest BCUT2D eigenvalue weighted by Crippen LogP contribution is 2.19. The van der Waals surface area contributed by atoms with E-state index >= 15 is 0 Å². The Labute approximate surface area is 140 Å². The van der Waals surface area contributed by atoms with Crippen molar-refractivity contribution in [3.8, 4) is 0 Å². The number of ether oxygens (including phenoxy) is 1. The summed E-state index contributed by atoms with van der Waals surface area (Å²) in [5, 5.41) is 3.21. The highest BCUT2D eigenvalue weighted by molar-refractivity contribution is 6.32. The van der Waals surface area contributed by atoms with Gasteiger partial charge < -0.3 is 10.1 Å². The minimum Gasteiger partial charge on any atom is -0.379 e. The normalized spacial score (nSPS) is 16.7. The molecule has 0 radical (unpaired) electrons. The lowest BCUT2D eigenvalue weighted by molar-refractivity contribution is -0.00924. The molecular formula is C16H21ClN4O2. The lowest BCUT2D eigenvalue weighted by Gasteiger charge is -2.40. The van der Waals surface area contributed by atoms with Crippen molar-refractivity contribution >= 4 is 23.2 Å². The van der Waals surface area contributed by atoms with Gasteiger partial charge in [-0.05, 0) is 26.0 Å². The zero-order valence-electron chi connectivity index (χ0n) is 13.4. The van der Waals surface area contributed by atoms with Gasteiger partial charge in [-0.25, -0.2) is 4.98 Å². The van der Waals surface area contributed by atoms with Crippen molar-refractivity contribution in [3.05, 3.63) is 35.2 Å². The van der Waals surface area contributed by atoms with Crippen LogP contribution >= 0.6 is 11.6 Å². The maximum absolute atomic E-state index is 12.6. The first kappa shape index (κ1) is 16.2. The summed E-state index contributed by atoms with van der Waals surface area (Å²) >= 11 is 6.14. The van der Waals surface area contributed by atoms with E-state index in [0.29, 0.717) is 17.9 Å². The van der Waals surface area contributed by atoms with Gasteiger partial charge in [0.1, 0.15) is 5.65 Å². The largest absolute Gasteiger partial charge is 0.379 e. The number of morpholine rings is 1. The van der Waals surface area contributed by atoms with Gasteiger partial charge >= 0.3 is 0 Å². The lowest BCUT2D eigenvalue weighted by atomic mass is 10.0. The average Bonchev–Trinajstić information content (AvgIpc) is 2.89. The first-order chi connectivity index (χ1) is 11.0. The fraction of sp³-hybridized carbons (Fsp3) is 0.500. The number of fused-ring (bicyclic) bond motifs is 1. The van der Waals surface area contributed by atoms with Gasteiger partial charge in [0.05, 0.1) is 13.2 Å². The third-order valence-electron chi connectivity index (χ3n) is 4.25. The second-order valence-corrected chi connectivity index (χ2v) is 6.63. The summed E-state index contributed by atoms with van der Waals surface area (Å²) in [6, 6.07) is 5.53. The molecule has 1 fully saturated rings. The molecule has 7 heteroatoms. The third kappa shape index (κ3) is 3.34. The maximum Gasteiger partial charge on any atom is 0.271 e. The molecule has 124 valence electrons. The van der Waals surface area contributed by atoms with E-state index in [4.69, 9.17) is 16.3 Å². The second-order valence-electron chi connectivity index (χ2n) is 6.27. The second kappa shape index (κ2) is 6.47. The Balaban J connectivity index is 1.72. The summed E-state index contributed by atoms with van der Waals surface area (Å²) in [5.74, 6) is -0.213. The van der Waals surface area contributed by atoms with E-state index in [1.165, 1.54) is 0 Å². The zero-order valence-corrected chi connectivity index (χ0v) is 14.1. The Morgan fingerprint density at radius 1 is 1.39 bits per heavy atom. The number of pyridine rings is 1. The molecule has 1 aliphatic rings. The monoisotopic (exact) mass is 336 g/mol. The molecule has 1 aliphatic heterocycles. The van der Waals surface area contributed by atoms with Crippen LogP contribution in [-0.2, 0) is 4.74 Å². The van der Waals surface area contributed by atoms with Crippen LogP contribution in [0.3, 0.4) is 0 Å². The van der Waals surface area contributed by atoms with Crippen molar-refractivity contribution in [1.82, 2.24) is 19.6 Å². The van der Waals surface area contributed by atoms with Crippen LogP contribution in [-0.4, -0.2) is 58.6 Å². The molecule has 0 saturated carbocycles. The molecule has 3 heterocycles. The summed E-state index contributed by atoms with van der Waals surface area (Å²) < 4.78 is 7.09. The quantitative estimate of drug-likeness (QED) is 0.925. The molecule has 2 aromatic heterocycles. The molecule has 23 heavy (non-hydrogen) atoms. The van der Waals surface area contributed by atoms with Gasteiger partial charge in [0.25, 0.3) is 5.91 Å². The third-order valence-corrected chi connectivity index (χ3v) is 4.51. The van der Waals surface area contributed by atoms with E-state index in [1.54, 1.807) is 10.6 Å². The van der Waals surface area contributed by atoms with Crippen LogP contribution in [0.15, 0.2) is 24.4 Å². The van der Waals surface area contributed by atoms with E-state index in [9.17, 15) is 4.79 Å². The van der Waals surface area contributed by atoms with Gasteiger partial charge in [-0.1, -0.05) is 17.7 Å². The van der Waals surface area contributed by atoms with Gasteiger partial charge in [0.2, 0.25) is 0 Å². The number of imidazole rings is 1. The predicted octanol–water partition coefficient (Wildman–Crippen LogP) is 1.83. The van der Waals surface area contributed by atoms with Crippen molar-refractivity contribution in [2.45, 2.75) is 19.4 Å². The van der Waals surface area contributed by atoms with Crippen molar-refractivity contribution in [3.63, 3.8) is 0 Å². The molecule has 1 N–H and O–H groups in total. The molecule has 1 saturated heterocycles. The number of carbonyl (C=O) groups excluding carboxylic acids is 1. The Hall–Kier alpha value is -1.63. The van der Waals surface area contributed by atoms with Crippen LogP contribution < -0.4 is 5.32 Å². The van der Waals surface area contributed by atoms with Crippen LogP contribution in [0, 0.1) is 0 Å². The van der Waals surface area contributed by atoms with Gasteiger partial charge in [0, 0.05) is 31.4 Å². The van der Waals surface area contributed by atoms with E-state index in [0.717, 1.165) is 26.3 Å². The fourth-order valence-electron chi connectivity index (χ4n) is 2.83. The zero-order chi connectivity index (χ0) is 16.4. The number of carbonyl (C=O) groups is 1. The molecule has 1 amide bonds. The van der Waals surface area contributed by atoms with Gasteiger partial charge in [-0.2, -0.15) is 0 Å². The summed E-state index contributed by atoms with van der Waals surface area (Å²) in [6.45, 7) is 7.98. The van der Waals surface area contributed by atoms with Crippen LogP contribution in [0.25, 0.3) is 5.65 Å². The van der Waals surface area contributed by atoms with Crippen molar-refractivity contribution in [2.75, 3.05) is 32.8 Å². The molecule has 0 unspecified atom stereocenters.